The van der Waals surface area contributed by atoms with Gasteiger partial charge in [0.1, 0.15) is 11.6 Å². The molecule has 4 heteroatoms. The van der Waals surface area contributed by atoms with E-state index < -0.39 is 5.82 Å². The van der Waals surface area contributed by atoms with Crippen molar-refractivity contribution in [3.63, 3.8) is 0 Å². The molecule has 23 heavy (non-hydrogen) atoms. The Bertz CT molecular complexity index is 720. The van der Waals surface area contributed by atoms with Crippen LogP contribution in [0.4, 0.5) is 10.2 Å². The zero-order chi connectivity index (χ0) is 17.2. The van der Waals surface area contributed by atoms with Gasteiger partial charge in [0.15, 0.2) is 0 Å². The van der Waals surface area contributed by atoms with Crippen LogP contribution in [0, 0.1) is 25.1 Å². The number of amides is 1. The molecule has 0 aliphatic heterocycles. The van der Waals surface area contributed by atoms with Crippen molar-refractivity contribution in [1.82, 2.24) is 4.98 Å². The highest BCUT2D eigenvalue weighted by Crippen LogP contribution is 2.23. The molecule has 3 nitrogen and oxygen atoms in total. The fourth-order valence-corrected chi connectivity index (χ4v) is 2.35. The van der Waals surface area contributed by atoms with Gasteiger partial charge < -0.3 is 0 Å². The molecule has 0 fully saturated rings. The second kappa shape index (κ2) is 6.49. The predicted molar refractivity (Wildman–Crippen MR) is 91.2 cm³/mol. The summed E-state index contributed by atoms with van der Waals surface area (Å²) in [4.78, 5) is 18.9. The molecular weight excluding hydrogens is 291 g/mol. The van der Waals surface area contributed by atoms with Crippen LogP contribution >= 0.6 is 0 Å². The van der Waals surface area contributed by atoms with Crippen molar-refractivity contribution >= 4 is 11.7 Å². The number of nitrogens with zero attached hydrogens (tertiary/aromatic N) is 2. The number of benzene rings is 1. The van der Waals surface area contributed by atoms with Gasteiger partial charge >= 0.3 is 0 Å². The minimum atomic E-state index is -0.499. The highest BCUT2D eigenvalue weighted by atomic mass is 19.1. The van der Waals surface area contributed by atoms with E-state index in [9.17, 15) is 9.18 Å². The van der Waals surface area contributed by atoms with Crippen molar-refractivity contribution in [2.75, 3.05) is 11.4 Å². The molecule has 0 atom stereocenters. The summed E-state index contributed by atoms with van der Waals surface area (Å²) < 4.78 is 14.2. The van der Waals surface area contributed by atoms with Crippen LogP contribution < -0.4 is 4.90 Å². The van der Waals surface area contributed by atoms with E-state index in [0.717, 1.165) is 11.3 Å². The third kappa shape index (κ3) is 4.38. The molecule has 0 aliphatic rings. The Balaban J connectivity index is 2.46. The lowest BCUT2D eigenvalue weighted by atomic mass is 9.95. The number of carbonyl (C=O) groups is 1. The number of anilines is 1. The number of aryl methyl sites for hydroxylation is 2. The number of hydrogen-bond acceptors (Lipinski definition) is 2. The second-order valence-electron chi connectivity index (χ2n) is 7.07. The minimum absolute atomic E-state index is 0.0724. The summed E-state index contributed by atoms with van der Waals surface area (Å²) in [6, 6.07) is 10.2. The van der Waals surface area contributed by atoms with Crippen LogP contribution in [0.3, 0.4) is 0 Å². The van der Waals surface area contributed by atoms with Gasteiger partial charge in [-0.15, -0.1) is 0 Å². The van der Waals surface area contributed by atoms with Crippen LogP contribution in [0.25, 0.3) is 0 Å². The van der Waals surface area contributed by atoms with E-state index in [1.54, 1.807) is 30.0 Å². The number of hydrogen-bond donors (Lipinski definition) is 0. The van der Waals surface area contributed by atoms with Crippen molar-refractivity contribution in [2.45, 2.75) is 34.6 Å². The Morgan fingerprint density at radius 1 is 1.17 bits per heavy atom. The summed E-state index contributed by atoms with van der Waals surface area (Å²) >= 11 is 0. The van der Waals surface area contributed by atoms with E-state index in [1.165, 1.54) is 6.07 Å². The van der Waals surface area contributed by atoms with Gasteiger partial charge in [-0.1, -0.05) is 32.9 Å². The maximum Gasteiger partial charge on any atom is 0.262 e. The molecule has 0 N–H and O–H groups in total. The van der Waals surface area contributed by atoms with Gasteiger partial charge in [0.2, 0.25) is 0 Å². The van der Waals surface area contributed by atoms with Gasteiger partial charge in [-0.3, -0.25) is 9.69 Å². The third-order valence-electron chi connectivity index (χ3n) is 3.38. The van der Waals surface area contributed by atoms with E-state index in [0.29, 0.717) is 12.4 Å². The lowest BCUT2D eigenvalue weighted by Crippen LogP contribution is -2.39. The molecule has 0 saturated carbocycles. The highest BCUT2D eigenvalue weighted by Gasteiger charge is 2.26. The summed E-state index contributed by atoms with van der Waals surface area (Å²) in [5.41, 5.74) is 1.54. The molecule has 0 radical (unpaired) electrons. The quantitative estimate of drug-likeness (QED) is 0.834. The van der Waals surface area contributed by atoms with Crippen molar-refractivity contribution in [3.8, 4) is 0 Å². The fraction of sp³-hybridized carbons (Fsp3) is 0.368. The Kier molecular flexibility index (Phi) is 4.83. The maximum absolute atomic E-state index is 14.2. The molecule has 1 aromatic carbocycles. The van der Waals surface area contributed by atoms with E-state index in [-0.39, 0.29) is 16.9 Å². The van der Waals surface area contributed by atoms with Crippen LogP contribution in [0.2, 0.25) is 0 Å². The van der Waals surface area contributed by atoms with Gasteiger partial charge in [-0.25, -0.2) is 9.37 Å². The number of halogens is 1. The number of aromatic nitrogens is 1. The molecule has 0 saturated heterocycles. The highest BCUT2D eigenvalue weighted by molar-refractivity contribution is 6.05. The molecular formula is C19H23FN2O. The molecule has 0 unspecified atom stereocenters. The molecule has 0 aliphatic carbocycles. The predicted octanol–water partition coefficient (Wildman–Crippen LogP) is 4.53. The molecule has 0 spiro atoms. The van der Waals surface area contributed by atoms with E-state index in [2.05, 4.69) is 4.98 Å². The monoisotopic (exact) mass is 314 g/mol. The lowest BCUT2D eigenvalue weighted by Gasteiger charge is -2.29. The molecule has 1 heterocycles. The first-order valence-electron chi connectivity index (χ1n) is 7.69. The van der Waals surface area contributed by atoms with E-state index >= 15 is 0 Å². The molecule has 1 amide bonds. The zero-order valence-corrected chi connectivity index (χ0v) is 14.4. The summed E-state index contributed by atoms with van der Waals surface area (Å²) in [6.07, 6.45) is 0. The Labute approximate surface area is 137 Å². The van der Waals surface area contributed by atoms with Gasteiger partial charge in [-0.2, -0.15) is 0 Å². The topological polar surface area (TPSA) is 33.2 Å². The summed E-state index contributed by atoms with van der Waals surface area (Å²) in [7, 11) is 0. The van der Waals surface area contributed by atoms with Crippen molar-refractivity contribution in [1.29, 1.82) is 0 Å². The normalized spacial score (nSPS) is 11.4. The first-order chi connectivity index (χ1) is 10.7. The van der Waals surface area contributed by atoms with Gasteiger partial charge in [-0.05, 0) is 49.1 Å². The molecule has 0 bridgehead atoms. The van der Waals surface area contributed by atoms with Crippen molar-refractivity contribution in [3.05, 3.63) is 59.0 Å². The van der Waals surface area contributed by atoms with Crippen LogP contribution in [0.1, 0.15) is 42.4 Å². The van der Waals surface area contributed by atoms with Gasteiger partial charge in [0.05, 0.1) is 5.56 Å². The smallest absolute Gasteiger partial charge is 0.262 e. The SMILES string of the molecule is Cc1ccc(C(=O)N(CC(C)(C)C)c2cccc(C)n2)c(F)c1. The third-order valence-corrected chi connectivity index (χ3v) is 3.38. The first-order valence-corrected chi connectivity index (χ1v) is 7.69. The van der Waals surface area contributed by atoms with Crippen LogP contribution in [-0.2, 0) is 0 Å². The molecule has 2 rings (SSSR count). The van der Waals surface area contributed by atoms with Gasteiger partial charge in [0, 0.05) is 12.2 Å². The average molecular weight is 314 g/mol. The Morgan fingerprint density at radius 3 is 2.43 bits per heavy atom. The standard InChI is InChI=1S/C19H23FN2O/c1-13-9-10-15(16(20)11-13)18(23)22(12-19(3,4)5)17-8-6-7-14(2)21-17/h6-11H,12H2,1-5H3. The minimum Gasteiger partial charge on any atom is -0.292 e. The van der Waals surface area contributed by atoms with Crippen molar-refractivity contribution < 1.29 is 9.18 Å². The van der Waals surface area contributed by atoms with E-state index in [1.807, 2.05) is 39.8 Å². The fourth-order valence-electron chi connectivity index (χ4n) is 2.35. The second-order valence-corrected chi connectivity index (χ2v) is 7.07. The largest absolute Gasteiger partial charge is 0.292 e. The van der Waals surface area contributed by atoms with Crippen LogP contribution in [0.15, 0.2) is 36.4 Å². The van der Waals surface area contributed by atoms with Crippen LogP contribution in [0.5, 0.6) is 0 Å². The summed E-state index contributed by atoms with van der Waals surface area (Å²) in [5, 5.41) is 0. The van der Waals surface area contributed by atoms with Crippen molar-refractivity contribution in [2.24, 2.45) is 5.41 Å². The van der Waals surface area contributed by atoms with Crippen LogP contribution in [-0.4, -0.2) is 17.4 Å². The number of pyridine rings is 1. The molecule has 122 valence electrons. The lowest BCUT2D eigenvalue weighted by molar-refractivity contribution is 0.0973. The number of carbonyl (C=O) groups excluding carboxylic acids is 1. The number of rotatable bonds is 3. The Hall–Kier alpha value is -2.23. The van der Waals surface area contributed by atoms with E-state index in [4.69, 9.17) is 0 Å². The summed E-state index contributed by atoms with van der Waals surface area (Å²) in [6.45, 7) is 10.2. The summed E-state index contributed by atoms with van der Waals surface area (Å²) in [5.74, 6) is -0.318. The zero-order valence-electron chi connectivity index (χ0n) is 14.4. The molecule has 1 aromatic heterocycles. The molecule has 2 aromatic rings. The Morgan fingerprint density at radius 2 is 1.87 bits per heavy atom. The first kappa shape index (κ1) is 17.1. The average Bonchev–Trinajstić information content (AvgIpc) is 2.43. The van der Waals surface area contributed by atoms with Gasteiger partial charge in [0.25, 0.3) is 5.91 Å². The maximum atomic E-state index is 14.2.